The number of carbonyl (C=O) groups is 1. The number of alkyl halides is 5. The normalized spacial score (nSPS) is 15.2. The van der Waals surface area contributed by atoms with Gasteiger partial charge < -0.3 is 4.74 Å². The van der Waals surface area contributed by atoms with E-state index in [1.165, 1.54) is 0 Å². The van der Waals surface area contributed by atoms with Gasteiger partial charge in [0, 0.05) is 0 Å². The molecule has 0 saturated carbocycles. The SMILES string of the molecule is CCC(C)(C)C(=O)OCCC(C(C)(F)F)C(F)(F)F. The second kappa shape index (κ2) is 6.05. The van der Waals surface area contributed by atoms with Crippen molar-refractivity contribution in [1.82, 2.24) is 0 Å². The molecule has 0 saturated heterocycles. The lowest BCUT2D eigenvalue weighted by Crippen LogP contribution is -2.38. The van der Waals surface area contributed by atoms with Crippen molar-refractivity contribution in [3.05, 3.63) is 0 Å². The molecule has 0 aliphatic heterocycles. The third kappa shape index (κ3) is 5.74. The highest BCUT2D eigenvalue weighted by atomic mass is 19.4. The molecule has 0 amide bonds. The summed E-state index contributed by atoms with van der Waals surface area (Å²) >= 11 is 0. The fraction of sp³-hybridized carbons (Fsp3) is 0.917. The Morgan fingerprint density at radius 1 is 1.11 bits per heavy atom. The summed E-state index contributed by atoms with van der Waals surface area (Å²) in [5, 5.41) is 0. The Bertz CT molecular complexity index is 290. The maximum Gasteiger partial charge on any atom is 0.397 e. The van der Waals surface area contributed by atoms with Crippen molar-refractivity contribution in [2.24, 2.45) is 11.3 Å². The molecule has 1 unspecified atom stereocenters. The smallest absolute Gasteiger partial charge is 0.397 e. The summed E-state index contributed by atoms with van der Waals surface area (Å²) in [7, 11) is 0. The van der Waals surface area contributed by atoms with E-state index in [2.05, 4.69) is 4.74 Å². The Balaban J connectivity index is 4.50. The van der Waals surface area contributed by atoms with Gasteiger partial charge in [-0.15, -0.1) is 0 Å². The predicted octanol–water partition coefficient (Wildman–Crippen LogP) is 4.19. The van der Waals surface area contributed by atoms with Crippen LogP contribution < -0.4 is 0 Å². The Morgan fingerprint density at radius 3 is 1.89 bits per heavy atom. The first-order chi connectivity index (χ1) is 8.32. The summed E-state index contributed by atoms with van der Waals surface area (Å²) in [4.78, 5) is 11.5. The van der Waals surface area contributed by atoms with Crippen LogP contribution in [0.2, 0.25) is 0 Å². The summed E-state index contributed by atoms with van der Waals surface area (Å²) in [6, 6.07) is 0. The van der Waals surface area contributed by atoms with Crippen LogP contribution in [0.3, 0.4) is 0 Å². The minimum absolute atomic E-state index is 0.211. The Labute approximate surface area is 109 Å². The van der Waals surface area contributed by atoms with Crippen LogP contribution in [-0.4, -0.2) is 24.7 Å². The molecule has 0 aromatic rings. The van der Waals surface area contributed by atoms with Gasteiger partial charge in [-0.2, -0.15) is 13.2 Å². The highest BCUT2D eigenvalue weighted by molar-refractivity contribution is 5.75. The lowest BCUT2D eigenvalue weighted by Gasteiger charge is -2.26. The van der Waals surface area contributed by atoms with Crippen molar-refractivity contribution in [1.29, 1.82) is 0 Å². The molecule has 0 rings (SSSR count). The van der Waals surface area contributed by atoms with Gasteiger partial charge in [0.25, 0.3) is 5.92 Å². The van der Waals surface area contributed by atoms with E-state index in [4.69, 9.17) is 0 Å². The fourth-order valence-electron chi connectivity index (χ4n) is 1.31. The van der Waals surface area contributed by atoms with E-state index in [-0.39, 0.29) is 6.92 Å². The molecule has 7 heteroatoms. The van der Waals surface area contributed by atoms with Gasteiger partial charge in [-0.05, 0) is 33.6 Å². The highest BCUT2D eigenvalue weighted by Gasteiger charge is 2.52. The van der Waals surface area contributed by atoms with Gasteiger partial charge in [-0.3, -0.25) is 4.79 Å². The molecule has 0 spiro atoms. The molecule has 0 aliphatic rings. The van der Waals surface area contributed by atoms with Gasteiger partial charge in [0.05, 0.1) is 12.0 Å². The molecular formula is C12H19F5O2. The standard InChI is InChI=1S/C12H19F5O2/c1-5-10(2,3)9(18)19-7-6-8(11(4,13)14)12(15,16)17/h8H,5-7H2,1-4H3. The average molecular weight is 290 g/mol. The van der Waals surface area contributed by atoms with Crippen molar-refractivity contribution >= 4 is 5.97 Å². The third-order valence-corrected chi connectivity index (χ3v) is 3.08. The molecular weight excluding hydrogens is 271 g/mol. The van der Waals surface area contributed by atoms with Gasteiger partial charge in [0.2, 0.25) is 0 Å². The molecule has 0 bridgehead atoms. The summed E-state index contributed by atoms with van der Waals surface area (Å²) < 4.78 is 67.6. The van der Waals surface area contributed by atoms with E-state index < -0.39 is 42.4 Å². The molecule has 0 N–H and O–H groups in total. The molecule has 0 fully saturated rings. The first-order valence-electron chi connectivity index (χ1n) is 5.94. The van der Waals surface area contributed by atoms with Crippen LogP contribution in [0.15, 0.2) is 0 Å². The van der Waals surface area contributed by atoms with Gasteiger partial charge in [0.1, 0.15) is 5.92 Å². The Kier molecular flexibility index (Phi) is 5.77. The van der Waals surface area contributed by atoms with Crippen LogP contribution in [0.25, 0.3) is 0 Å². The monoisotopic (exact) mass is 290 g/mol. The largest absolute Gasteiger partial charge is 0.465 e. The lowest BCUT2D eigenvalue weighted by atomic mass is 9.90. The van der Waals surface area contributed by atoms with Crippen LogP contribution in [0.5, 0.6) is 0 Å². The fourth-order valence-corrected chi connectivity index (χ4v) is 1.31. The summed E-state index contributed by atoms with van der Waals surface area (Å²) in [6.45, 7) is 4.41. The molecule has 114 valence electrons. The predicted molar refractivity (Wildman–Crippen MR) is 59.8 cm³/mol. The van der Waals surface area contributed by atoms with Gasteiger partial charge in [-0.1, -0.05) is 6.92 Å². The van der Waals surface area contributed by atoms with E-state index in [0.717, 1.165) is 0 Å². The quantitative estimate of drug-likeness (QED) is 0.541. The van der Waals surface area contributed by atoms with Crippen molar-refractivity contribution in [3.8, 4) is 0 Å². The maximum atomic E-state index is 12.8. The number of halogens is 5. The van der Waals surface area contributed by atoms with Crippen LogP contribution in [-0.2, 0) is 9.53 Å². The highest BCUT2D eigenvalue weighted by Crippen LogP contribution is 2.40. The van der Waals surface area contributed by atoms with Crippen molar-refractivity contribution in [2.45, 2.75) is 52.6 Å². The Hall–Kier alpha value is -0.880. The lowest BCUT2D eigenvalue weighted by molar-refractivity contribution is -0.239. The Morgan fingerprint density at radius 2 is 1.58 bits per heavy atom. The van der Waals surface area contributed by atoms with Crippen molar-refractivity contribution < 1.29 is 31.5 Å². The number of esters is 1. The number of hydrogen-bond donors (Lipinski definition) is 0. The number of hydrogen-bond acceptors (Lipinski definition) is 2. The van der Waals surface area contributed by atoms with E-state index >= 15 is 0 Å². The van der Waals surface area contributed by atoms with Crippen LogP contribution >= 0.6 is 0 Å². The van der Waals surface area contributed by atoms with E-state index in [1.807, 2.05) is 0 Å². The first kappa shape index (κ1) is 18.1. The summed E-state index contributed by atoms with van der Waals surface area (Å²) in [5.74, 6) is -7.39. The molecule has 0 aromatic heterocycles. The van der Waals surface area contributed by atoms with Crippen molar-refractivity contribution in [3.63, 3.8) is 0 Å². The minimum Gasteiger partial charge on any atom is -0.465 e. The molecule has 2 nitrogen and oxygen atoms in total. The van der Waals surface area contributed by atoms with Gasteiger partial charge in [-0.25, -0.2) is 8.78 Å². The number of rotatable bonds is 6. The molecule has 0 radical (unpaired) electrons. The zero-order valence-corrected chi connectivity index (χ0v) is 11.4. The zero-order chi connectivity index (χ0) is 15.5. The van der Waals surface area contributed by atoms with Gasteiger partial charge >= 0.3 is 12.1 Å². The zero-order valence-electron chi connectivity index (χ0n) is 11.4. The second-order valence-corrected chi connectivity index (χ2v) is 5.21. The topological polar surface area (TPSA) is 26.3 Å². The average Bonchev–Trinajstić information content (AvgIpc) is 2.20. The summed E-state index contributed by atoms with van der Waals surface area (Å²) in [5.41, 5.74) is -0.831. The van der Waals surface area contributed by atoms with Crippen molar-refractivity contribution in [2.75, 3.05) is 6.61 Å². The molecule has 19 heavy (non-hydrogen) atoms. The molecule has 0 aromatic carbocycles. The third-order valence-electron chi connectivity index (χ3n) is 3.08. The molecule has 1 atom stereocenters. The number of ether oxygens (including phenoxy) is 1. The maximum absolute atomic E-state index is 12.8. The van der Waals surface area contributed by atoms with Crippen LogP contribution in [0.1, 0.15) is 40.5 Å². The second-order valence-electron chi connectivity index (χ2n) is 5.21. The van der Waals surface area contributed by atoms with E-state index in [1.54, 1.807) is 20.8 Å². The van der Waals surface area contributed by atoms with Gasteiger partial charge in [0.15, 0.2) is 0 Å². The van der Waals surface area contributed by atoms with Crippen LogP contribution in [0, 0.1) is 11.3 Å². The molecule has 0 aliphatic carbocycles. The van der Waals surface area contributed by atoms with Crippen LogP contribution in [0.4, 0.5) is 22.0 Å². The molecule has 0 heterocycles. The first-order valence-corrected chi connectivity index (χ1v) is 5.94. The van der Waals surface area contributed by atoms with E-state index in [0.29, 0.717) is 6.42 Å². The van der Waals surface area contributed by atoms with E-state index in [9.17, 15) is 26.7 Å². The number of carbonyl (C=O) groups excluding carboxylic acids is 1. The minimum atomic E-state index is -5.02. The summed E-state index contributed by atoms with van der Waals surface area (Å²) in [6.07, 6.45) is -5.53.